The van der Waals surface area contributed by atoms with Gasteiger partial charge in [-0.25, -0.2) is 28.1 Å². The Morgan fingerprint density at radius 1 is 0.857 bits per heavy atom. The van der Waals surface area contributed by atoms with Gasteiger partial charge in [0.15, 0.2) is 11.5 Å². The van der Waals surface area contributed by atoms with Crippen LogP contribution in [-0.4, -0.2) is 85.9 Å². The molecule has 1 atom stereocenters. The van der Waals surface area contributed by atoms with Gasteiger partial charge in [0.05, 0.1) is 29.2 Å². The number of anilines is 3. The van der Waals surface area contributed by atoms with Crippen LogP contribution in [0.15, 0.2) is 67.0 Å². The van der Waals surface area contributed by atoms with Crippen LogP contribution in [0.2, 0.25) is 0 Å². The van der Waals surface area contributed by atoms with Crippen LogP contribution in [0.25, 0.3) is 16.9 Å². The zero-order valence-corrected chi connectivity index (χ0v) is 26.5. The van der Waals surface area contributed by atoms with Gasteiger partial charge in [-0.3, -0.25) is 19.9 Å². The second-order valence-corrected chi connectivity index (χ2v) is 12.4. The SMILES string of the molecule is O=C1CCN(c2ccc(CN3CCN(c4cccc(-c5cnn6ccc(N7CCC[C@@H]7c7cc(F)ccc7F)nc56)n4)CC3)nn2)C(=O)N1. The summed E-state index contributed by atoms with van der Waals surface area (Å²) in [5.74, 6) is 0.795. The van der Waals surface area contributed by atoms with Gasteiger partial charge in [-0.15, -0.1) is 5.10 Å². The van der Waals surface area contributed by atoms with Gasteiger partial charge in [0, 0.05) is 64.0 Å². The Balaban J connectivity index is 0.943. The molecule has 13 nitrogen and oxygen atoms in total. The summed E-state index contributed by atoms with van der Waals surface area (Å²) in [6.45, 7) is 4.74. The molecule has 3 aliphatic heterocycles. The van der Waals surface area contributed by atoms with Crippen molar-refractivity contribution in [2.45, 2.75) is 31.8 Å². The lowest BCUT2D eigenvalue weighted by molar-refractivity contribution is -0.120. The third-order valence-corrected chi connectivity index (χ3v) is 9.35. The van der Waals surface area contributed by atoms with Crippen LogP contribution in [0.5, 0.6) is 0 Å². The lowest BCUT2D eigenvalue weighted by Crippen LogP contribution is -2.50. The third kappa shape index (κ3) is 6.12. The molecular weight excluding hydrogens is 632 g/mol. The number of halogens is 2. The summed E-state index contributed by atoms with van der Waals surface area (Å²) in [6.07, 6.45) is 5.38. The molecule has 0 saturated carbocycles. The van der Waals surface area contributed by atoms with E-state index in [0.29, 0.717) is 42.4 Å². The Morgan fingerprint density at radius 2 is 1.73 bits per heavy atom. The summed E-state index contributed by atoms with van der Waals surface area (Å²) < 4.78 is 30.5. The minimum atomic E-state index is -0.481. The predicted octanol–water partition coefficient (Wildman–Crippen LogP) is 3.97. The van der Waals surface area contributed by atoms with Crippen LogP contribution >= 0.6 is 0 Å². The van der Waals surface area contributed by atoms with Crippen molar-refractivity contribution < 1.29 is 18.4 Å². The Bertz CT molecular complexity index is 2030. The molecule has 0 unspecified atom stereocenters. The smallest absolute Gasteiger partial charge is 0.329 e. The second-order valence-electron chi connectivity index (χ2n) is 12.4. The van der Waals surface area contributed by atoms with E-state index in [1.54, 1.807) is 16.8 Å². The lowest BCUT2D eigenvalue weighted by Gasteiger charge is -2.35. The van der Waals surface area contributed by atoms with Gasteiger partial charge in [-0.1, -0.05) is 6.07 Å². The average Bonchev–Trinajstić information content (AvgIpc) is 3.78. The number of imide groups is 1. The molecule has 15 heteroatoms. The first-order valence-corrected chi connectivity index (χ1v) is 16.3. The molecule has 3 amide bonds. The highest BCUT2D eigenvalue weighted by Crippen LogP contribution is 2.37. The minimum Gasteiger partial charge on any atom is -0.354 e. The number of fused-ring (bicyclic) bond motifs is 1. The zero-order chi connectivity index (χ0) is 33.5. The minimum absolute atomic E-state index is 0.232. The van der Waals surface area contributed by atoms with Crippen LogP contribution in [0.3, 0.4) is 0 Å². The Morgan fingerprint density at radius 3 is 2.55 bits per heavy atom. The van der Waals surface area contributed by atoms with E-state index in [4.69, 9.17) is 9.97 Å². The van der Waals surface area contributed by atoms with Crippen molar-refractivity contribution in [2.75, 3.05) is 54.0 Å². The van der Waals surface area contributed by atoms with Crippen molar-refractivity contribution in [1.29, 1.82) is 0 Å². The molecule has 7 heterocycles. The van der Waals surface area contributed by atoms with Gasteiger partial charge < -0.3 is 9.80 Å². The first kappa shape index (κ1) is 30.7. The van der Waals surface area contributed by atoms with Crippen LogP contribution in [0.4, 0.5) is 31.0 Å². The normalized spacial score (nSPS) is 18.8. The summed E-state index contributed by atoms with van der Waals surface area (Å²) >= 11 is 0. The molecule has 250 valence electrons. The number of hydrogen-bond acceptors (Lipinski definition) is 10. The fourth-order valence-electron chi connectivity index (χ4n) is 6.81. The number of benzene rings is 1. The highest BCUT2D eigenvalue weighted by Gasteiger charge is 2.30. The maximum Gasteiger partial charge on any atom is 0.329 e. The van der Waals surface area contributed by atoms with Gasteiger partial charge in [-0.05, 0) is 61.4 Å². The quantitative estimate of drug-likeness (QED) is 0.273. The van der Waals surface area contributed by atoms with E-state index in [0.717, 1.165) is 61.4 Å². The highest BCUT2D eigenvalue weighted by atomic mass is 19.1. The predicted molar refractivity (Wildman–Crippen MR) is 177 cm³/mol. The lowest BCUT2D eigenvalue weighted by atomic mass is 10.0. The molecule has 0 bridgehead atoms. The van der Waals surface area contributed by atoms with Gasteiger partial charge in [-0.2, -0.15) is 10.2 Å². The molecule has 49 heavy (non-hydrogen) atoms. The maximum absolute atomic E-state index is 14.7. The summed E-state index contributed by atoms with van der Waals surface area (Å²) in [4.78, 5) is 41.5. The summed E-state index contributed by atoms with van der Waals surface area (Å²) in [5, 5.41) is 15.4. The number of hydrogen-bond donors (Lipinski definition) is 1. The van der Waals surface area contributed by atoms with E-state index < -0.39 is 17.7 Å². The summed E-state index contributed by atoms with van der Waals surface area (Å²) in [7, 11) is 0. The van der Waals surface area contributed by atoms with Gasteiger partial charge in [0.1, 0.15) is 23.3 Å². The van der Waals surface area contributed by atoms with E-state index >= 15 is 0 Å². The fraction of sp³-hybridized carbons (Fsp3) is 0.324. The van der Waals surface area contributed by atoms with Crippen LogP contribution in [-0.2, 0) is 11.3 Å². The van der Waals surface area contributed by atoms with Crippen molar-refractivity contribution in [3.8, 4) is 11.3 Å². The number of amides is 3. The van der Waals surface area contributed by atoms with E-state index in [2.05, 4.69) is 30.4 Å². The molecule has 8 rings (SSSR count). The third-order valence-electron chi connectivity index (χ3n) is 9.35. The van der Waals surface area contributed by atoms with Gasteiger partial charge >= 0.3 is 6.03 Å². The van der Waals surface area contributed by atoms with Crippen molar-refractivity contribution in [2.24, 2.45) is 0 Å². The number of nitrogens with one attached hydrogen (secondary N) is 1. The molecule has 1 N–H and O–H groups in total. The number of urea groups is 1. The molecule has 5 aromatic rings. The monoisotopic (exact) mass is 665 g/mol. The standard InChI is InChI=1S/C34H33F2N11O2/c35-22-6-8-26(36)24(19-22)28-4-2-12-45(28)30-10-14-47-33(39-30)25(20-37-47)27-3-1-5-29(38-27)44-17-15-43(16-18-44)21-23-7-9-31(42-41-23)46-13-11-32(48)40-34(46)49/h1,3,5-10,14,19-20,28H,2,4,11-13,15-18,21H2,(H,40,48,49)/t28-/m1/s1. The molecular formula is C34H33F2N11O2. The second kappa shape index (κ2) is 12.8. The first-order chi connectivity index (χ1) is 23.9. The molecule has 3 fully saturated rings. The fourth-order valence-corrected chi connectivity index (χ4v) is 6.81. The Labute approximate surface area is 280 Å². The zero-order valence-electron chi connectivity index (χ0n) is 26.5. The Kier molecular flexibility index (Phi) is 8.03. The van der Waals surface area contributed by atoms with Crippen LogP contribution in [0.1, 0.15) is 36.6 Å². The Hall–Kier alpha value is -5.57. The number of pyridine rings is 1. The van der Waals surface area contributed by atoms with Crippen LogP contribution < -0.4 is 20.0 Å². The van der Waals surface area contributed by atoms with Gasteiger partial charge in [0.2, 0.25) is 5.91 Å². The van der Waals surface area contributed by atoms with E-state index in [-0.39, 0.29) is 24.9 Å². The number of rotatable bonds is 7. The van der Waals surface area contributed by atoms with Crippen molar-refractivity contribution in [3.63, 3.8) is 0 Å². The summed E-state index contributed by atoms with van der Waals surface area (Å²) in [6, 6.07) is 14.2. The van der Waals surface area contributed by atoms with Crippen LogP contribution in [0, 0.1) is 11.6 Å². The van der Waals surface area contributed by atoms with Crippen molar-refractivity contribution in [3.05, 3.63) is 89.9 Å². The first-order valence-electron chi connectivity index (χ1n) is 16.3. The molecule has 0 radical (unpaired) electrons. The highest BCUT2D eigenvalue weighted by molar-refractivity contribution is 6.05. The number of piperazine rings is 1. The van der Waals surface area contributed by atoms with Crippen molar-refractivity contribution in [1.82, 2.24) is 40.0 Å². The van der Waals surface area contributed by atoms with Gasteiger partial charge in [0.25, 0.3) is 0 Å². The molecule has 0 aliphatic carbocycles. The topological polar surface area (TPSA) is 128 Å². The number of nitrogens with zero attached hydrogens (tertiary/aromatic N) is 10. The largest absolute Gasteiger partial charge is 0.354 e. The average molecular weight is 666 g/mol. The number of carbonyl (C=O) groups excluding carboxylic acids is 2. The van der Waals surface area contributed by atoms with E-state index in [9.17, 15) is 18.4 Å². The molecule has 3 aliphatic rings. The molecule has 1 aromatic carbocycles. The van der Waals surface area contributed by atoms with Crippen molar-refractivity contribution >= 4 is 35.0 Å². The maximum atomic E-state index is 14.7. The number of carbonyl (C=O) groups is 2. The molecule has 3 saturated heterocycles. The molecule has 4 aromatic heterocycles. The van der Waals surface area contributed by atoms with E-state index in [1.165, 1.54) is 17.0 Å². The van der Waals surface area contributed by atoms with E-state index in [1.807, 2.05) is 41.4 Å². The molecule has 0 spiro atoms. The summed E-state index contributed by atoms with van der Waals surface area (Å²) in [5.41, 5.74) is 3.31. The number of aromatic nitrogens is 6.